The monoisotopic (exact) mass is 302 g/mol. The van der Waals surface area contributed by atoms with Gasteiger partial charge in [-0.2, -0.15) is 0 Å². The van der Waals surface area contributed by atoms with Crippen molar-refractivity contribution >= 4 is 11.6 Å². The zero-order chi connectivity index (χ0) is 15.2. The Kier molecular flexibility index (Phi) is 5.69. The molecule has 0 heterocycles. The number of hydrogen-bond donors (Lipinski definition) is 0. The van der Waals surface area contributed by atoms with Gasteiger partial charge < -0.3 is 4.74 Å². The fraction of sp³-hybridized carbons (Fsp3) is 0.368. The smallest absolute Gasteiger partial charge is 0.119 e. The molecule has 0 amide bonds. The molecule has 2 aromatic carbocycles. The van der Waals surface area contributed by atoms with Gasteiger partial charge in [0.05, 0.1) is 12.0 Å². The second-order valence-corrected chi connectivity index (χ2v) is 6.04. The lowest BCUT2D eigenvalue weighted by Gasteiger charge is -2.14. The first-order valence-electron chi connectivity index (χ1n) is 7.58. The Hall–Kier alpha value is -1.47. The van der Waals surface area contributed by atoms with E-state index in [9.17, 15) is 0 Å². The van der Waals surface area contributed by atoms with Crippen molar-refractivity contribution in [1.29, 1.82) is 0 Å². The molecule has 0 aliphatic heterocycles. The molecule has 112 valence electrons. The average molecular weight is 303 g/mol. The number of hydrogen-bond acceptors (Lipinski definition) is 1. The molecular weight excluding hydrogens is 280 g/mol. The van der Waals surface area contributed by atoms with Crippen LogP contribution in [-0.2, 0) is 0 Å². The number of rotatable bonds is 6. The number of benzene rings is 2. The van der Waals surface area contributed by atoms with Crippen LogP contribution in [-0.4, -0.2) is 6.61 Å². The third kappa shape index (κ3) is 4.25. The van der Waals surface area contributed by atoms with Crippen molar-refractivity contribution in [3.8, 4) is 5.75 Å². The van der Waals surface area contributed by atoms with Crippen LogP contribution < -0.4 is 4.74 Å². The summed E-state index contributed by atoms with van der Waals surface area (Å²) in [6.45, 7) is 7.23. The van der Waals surface area contributed by atoms with Crippen molar-refractivity contribution in [3.63, 3.8) is 0 Å². The van der Waals surface area contributed by atoms with E-state index in [1.54, 1.807) is 0 Å². The third-order valence-corrected chi connectivity index (χ3v) is 4.02. The van der Waals surface area contributed by atoms with Gasteiger partial charge >= 0.3 is 0 Å². The van der Waals surface area contributed by atoms with Gasteiger partial charge in [0.1, 0.15) is 5.75 Å². The first-order chi connectivity index (χ1) is 10.1. The van der Waals surface area contributed by atoms with Gasteiger partial charge in [-0.15, -0.1) is 11.6 Å². The summed E-state index contributed by atoms with van der Waals surface area (Å²) in [5.74, 6) is 1.43. The summed E-state index contributed by atoms with van der Waals surface area (Å²) in [6.07, 6.45) is 1.01. The second-order valence-electron chi connectivity index (χ2n) is 5.60. The van der Waals surface area contributed by atoms with Gasteiger partial charge in [0.15, 0.2) is 0 Å². The third-order valence-electron chi connectivity index (χ3n) is 3.52. The van der Waals surface area contributed by atoms with E-state index < -0.39 is 0 Å². The molecule has 0 spiro atoms. The van der Waals surface area contributed by atoms with Crippen LogP contribution in [0.2, 0.25) is 0 Å². The van der Waals surface area contributed by atoms with Crippen LogP contribution in [0.1, 0.15) is 55.2 Å². The summed E-state index contributed by atoms with van der Waals surface area (Å²) >= 11 is 6.61. The molecule has 0 aromatic heterocycles. The summed E-state index contributed by atoms with van der Waals surface area (Å²) in [5.41, 5.74) is 3.53. The fourth-order valence-electron chi connectivity index (χ4n) is 2.22. The van der Waals surface area contributed by atoms with Crippen molar-refractivity contribution in [3.05, 3.63) is 65.2 Å². The molecule has 2 heteroatoms. The minimum Gasteiger partial charge on any atom is -0.494 e. The minimum atomic E-state index is -0.142. The van der Waals surface area contributed by atoms with Crippen molar-refractivity contribution in [2.24, 2.45) is 0 Å². The van der Waals surface area contributed by atoms with Crippen LogP contribution in [0.15, 0.2) is 48.5 Å². The summed E-state index contributed by atoms with van der Waals surface area (Å²) in [6, 6.07) is 16.6. The molecule has 0 bridgehead atoms. The molecule has 0 saturated carbocycles. The predicted octanol–water partition coefficient (Wildman–Crippen LogP) is 5.93. The van der Waals surface area contributed by atoms with Crippen molar-refractivity contribution in [1.82, 2.24) is 0 Å². The molecule has 2 aromatic rings. The van der Waals surface area contributed by atoms with Crippen molar-refractivity contribution < 1.29 is 4.74 Å². The first kappa shape index (κ1) is 15.9. The number of ether oxygens (including phenoxy) is 1. The average Bonchev–Trinajstić information content (AvgIpc) is 2.52. The zero-order valence-electron chi connectivity index (χ0n) is 13.0. The molecule has 0 saturated heterocycles. The Morgan fingerprint density at radius 1 is 0.952 bits per heavy atom. The Morgan fingerprint density at radius 3 is 2.24 bits per heavy atom. The van der Waals surface area contributed by atoms with Gasteiger partial charge in [0, 0.05) is 0 Å². The SMILES string of the molecule is CCCOc1cccc(C(Cl)c2ccc(C(C)C)cc2)c1. The highest BCUT2D eigenvalue weighted by Gasteiger charge is 2.12. The molecule has 1 atom stereocenters. The standard InChI is InChI=1S/C19H23ClO/c1-4-12-21-18-7-5-6-17(13-18)19(20)16-10-8-15(9-11-16)14(2)3/h5-11,13-14,19H,4,12H2,1-3H3. The van der Waals surface area contributed by atoms with Gasteiger partial charge in [0.25, 0.3) is 0 Å². The van der Waals surface area contributed by atoms with Crippen molar-refractivity contribution in [2.45, 2.75) is 38.5 Å². The van der Waals surface area contributed by atoms with E-state index in [4.69, 9.17) is 16.3 Å². The Labute approximate surface area is 132 Å². The molecule has 2 rings (SSSR count). The van der Waals surface area contributed by atoms with Crippen LogP contribution >= 0.6 is 11.6 Å². The molecular formula is C19H23ClO. The lowest BCUT2D eigenvalue weighted by molar-refractivity contribution is 0.317. The van der Waals surface area contributed by atoms with Gasteiger partial charge in [-0.25, -0.2) is 0 Å². The normalized spacial score (nSPS) is 12.4. The minimum absolute atomic E-state index is 0.142. The summed E-state index contributed by atoms with van der Waals surface area (Å²) in [7, 11) is 0. The van der Waals surface area contributed by atoms with Crippen LogP contribution in [0.25, 0.3) is 0 Å². The number of halogens is 1. The first-order valence-corrected chi connectivity index (χ1v) is 8.02. The lowest BCUT2D eigenvalue weighted by atomic mass is 9.98. The second kappa shape index (κ2) is 7.51. The van der Waals surface area contributed by atoms with E-state index in [1.807, 2.05) is 24.3 Å². The Balaban J connectivity index is 2.16. The van der Waals surface area contributed by atoms with E-state index in [0.717, 1.165) is 29.9 Å². The summed E-state index contributed by atoms with van der Waals surface area (Å²) in [5, 5.41) is -0.142. The van der Waals surface area contributed by atoms with E-state index in [1.165, 1.54) is 5.56 Å². The summed E-state index contributed by atoms with van der Waals surface area (Å²) < 4.78 is 5.67. The molecule has 0 radical (unpaired) electrons. The van der Waals surface area contributed by atoms with E-state index in [0.29, 0.717) is 5.92 Å². The molecule has 0 aliphatic carbocycles. The predicted molar refractivity (Wildman–Crippen MR) is 90.5 cm³/mol. The lowest BCUT2D eigenvalue weighted by Crippen LogP contribution is -1.98. The Bertz CT molecular complexity index is 560. The van der Waals surface area contributed by atoms with Crippen LogP contribution in [0, 0.1) is 0 Å². The van der Waals surface area contributed by atoms with E-state index in [2.05, 4.69) is 45.0 Å². The van der Waals surface area contributed by atoms with E-state index >= 15 is 0 Å². The van der Waals surface area contributed by atoms with Gasteiger partial charge in [-0.3, -0.25) is 0 Å². The molecule has 21 heavy (non-hydrogen) atoms. The van der Waals surface area contributed by atoms with Crippen molar-refractivity contribution in [2.75, 3.05) is 6.61 Å². The summed E-state index contributed by atoms with van der Waals surface area (Å²) in [4.78, 5) is 0. The fourth-order valence-corrected chi connectivity index (χ4v) is 2.51. The quantitative estimate of drug-likeness (QED) is 0.601. The van der Waals surface area contributed by atoms with Crippen LogP contribution in [0.4, 0.5) is 0 Å². The van der Waals surface area contributed by atoms with Gasteiger partial charge in [-0.1, -0.05) is 57.2 Å². The molecule has 0 fully saturated rings. The maximum atomic E-state index is 6.61. The highest BCUT2D eigenvalue weighted by atomic mass is 35.5. The van der Waals surface area contributed by atoms with Crippen LogP contribution in [0.5, 0.6) is 5.75 Å². The highest BCUT2D eigenvalue weighted by Crippen LogP contribution is 2.31. The van der Waals surface area contributed by atoms with Gasteiger partial charge in [0.2, 0.25) is 0 Å². The maximum Gasteiger partial charge on any atom is 0.119 e. The van der Waals surface area contributed by atoms with Crippen LogP contribution in [0.3, 0.4) is 0 Å². The maximum absolute atomic E-state index is 6.61. The topological polar surface area (TPSA) is 9.23 Å². The molecule has 0 aliphatic rings. The molecule has 1 nitrogen and oxygen atoms in total. The highest BCUT2D eigenvalue weighted by molar-refractivity contribution is 6.22. The van der Waals surface area contributed by atoms with E-state index in [-0.39, 0.29) is 5.38 Å². The Morgan fingerprint density at radius 2 is 1.62 bits per heavy atom. The largest absolute Gasteiger partial charge is 0.494 e. The molecule has 0 N–H and O–H groups in total. The molecule has 1 unspecified atom stereocenters. The van der Waals surface area contributed by atoms with Gasteiger partial charge in [-0.05, 0) is 41.2 Å². The number of alkyl halides is 1. The zero-order valence-corrected chi connectivity index (χ0v) is 13.7.